The normalized spacial score (nSPS) is 26.4. The van der Waals surface area contributed by atoms with Crippen molar-refractivity contribution in [1.82, 2.24) is 41.0 Å². The maximum Gasteiger partial charge on any atom is 0.238 e. The van der Waals surface area contributed by atoms with Crippen molar-refractivity contribution >= 4 is 11.8 Å². The number of carbonyl (C=O) groups is 2. The Kier molecular flexibility index (Phi) is 13.8. The lowest BCUT2D eigenvalue weighted by Gasteiger charge is -2.57. The van der Waals surface area contributed by atoms with Crippen LogP contribution in [0.25, 0.3) is 0 Å². The van der Waals surface area contributed by atoms with Crippen molar-refractivity contribution in [2.24, 2.45) is 5.41 Å². The van der Waals surface area contributed by atoms with Gasteiger partial charge in [-0.15, -0.1) is 0 Å². The second-order valence-corrected chi connectivity index (χ2v) is 17.0. The summed E-state index contributed by atoms with van der Waals surface area (Å²) in [5.74, 6) is 1.63. The number of piperidine rings is 1. The Morgan fingerprint density at radius 2 is 1.69 bits per heavy atom. The predicted molar refractivity (Wildman–Crippen MR) is 211 cm³/mol. The first-order valence-corrected chi connectivity index (χ1v) is 21.4. The number of hydrogen-bond donors (Lipinski definition) is 5. The standard InChI is InChI=1S/C42H66N8O5/c1-30-37(55-29-44-30)28-54-36-15-14-33-24-48(21-16-32(33)22-36)27-35(52)23-43-39(53)38-42(17-10-7-5-3-4-6-8-11-18-42)40(49-19-12-9-13-20-49)47-41(46-38)45-34-25-50(26-34)31(2)51/h14-15,22,29,34-35,38,40-41,45-47,52H,3-13,16-21,23-28H2,1-2H3,(H,43,53)/t35-,38?,40?,41?/m0/s1. The minimum absolute atomic E-state index is 0.0137. The molecule has 0 bridgehead atoms. The Hall–Kier alpha value is -3.07. The third kappa shape index (κ3) is 10.1. The molecule has 4 aliphatic heterocycles. The molecule has 304 valence electrons. The van der Waals surface area contributed by atoms with Crippen LogP contribution in [-0.2, 0) is 29.2 Å². The topological polar surface area (TPSA) is 147 Å². The molecule has 2 aromatic rings. The van der Waals surface area contributed by atoms with Gasteiger partial charge in [-0.3, -0.25) is 35.3 Å². The van der Waals surface area contributed by atoms with Crippen molar-refractivity contribution in [2.75, 3.05) is 45.8 Å². The smallest absolute Gasteiger partial charge is 0.238 e. The molecule has 1 aromatic heterocycles. The number of amides is 2. The molecule has 5 N–H and O–H groups in total. The van der Waals surface area contributed by atoms with Crippen molar-refractivity contribution < 1.29 is 23.8 Å². The quantitative estimate of drug-likeness (QED) is 0.228. The van der Waals surface area contributed by atoms with Crippen molar-refractivity contribution in [3.63, 3.8) is 0 Å². The molecule has 2 amide bonds. The Labute approximate surface area is 327 Å². The Morgan fingerprint density at radius 1 is 0.982 bits per heavy atom. The van der Waals surface area contributed by atoms with E-state index in [4.69, 9.17) is 9.15 Å². The fraction of sp³-hybridized carbons (Fsp3) is 0.738. The highest BCUT2D eigenvalue weighted by atomic mass is 16.5. The van der Waals surface area contributed by atoms with Gasteiger partial charge < -0.3 is 24.5 Å². The van der Waals surface area contributed by atoms with Crippen molar-refractivity contribution in [3.8, 4) is 5.75 Å². The number of hydrogen-bond acceptors (Lipinski definition) is 11. The third-order valence-electron chi connectivity index (χ3n) is 13.0. The van der Waals surface area contributed by atoms with Gasteiger partial charge in [-0.25, -0.2) is 4.98 Å². The maximum atomic E-state index is 14.7. The second-order valence-electron chi connectivity index (χ2n) is 17.0. The summed E-state index contributed by atoms with van der Waals surface area (Å²) < 4.78 is 11.4. The minimum atomic E-state index is -0.692. The zero-order valence-corrected chi connectivity index (χ0v) is 33.3. The molecule has 13 nitrogen and oxygen atoms in total. The van der Waals surface area contributed by atoms with Crippen LogP contribution in [0.4, 0.5) is 0 Å². The molecule has 13 heteroatoms. The van der Waals surface area contributed by atoms with Crippen molar-refractivity contribution in [3.05, 3.63) is 47.2 Å². The van der Waals surface area contributed by atoms with E-state index >= 15 is 0 Å². The summed E-state index contributed by atoms with van der Waals surface area (Å²) in [7, 11) is 0. The van der Waals surface area contributed by atoms with Crippen LogP contribution in [0.2, 0.25) is 0 Å². The van der Waals surface area contributed by atoms with Gasteiger partial charge in [0.15, 0.2) is 12.2 Å². The number of aryl methyl sites for hydroxylation is 1. The van der Waals surface area contributed by atoms with E-state index in [1.165, 1.54) is 75.3 Å². The number of β-amino-alcohol motifs (C(OH)–C–C–N with tert-alkyl or cyclic N) is 1. The zero-order valence-electron chi connectivity index (χ0n) is 33.3. The molecule has 1 aromatic carbocycles. The SMILES string of the molecule is CC(=O)N1CC(NC2NC(C(=O)NC[C@H](O)CN3CCc4cc(OCc5ocnc5C)ccc4C3)C3(CCCCCCCCCC3)C(N3CCCCC3)N2)C1. The molecule has 1 spiro atoms. The van der Waals surface area contributed by atoms with Crippen LogP contribution >= 0.6 is 0 Å². The number of rotatable bonds is 11. The lowest BCUT2D eigenvalue weighted by Crippen LogP contribution is -2.80. The summed E-state index contributed by atoms with van der Waals surface area (Å²) in [4.78, 5) is 37.5. The molecule has 5 aliphatic rings. The van der Waals surface area contributed by atoms with Gasteiger partial charge in [-0.05, 0) is 75.4 Å². The minimum Gasteiger partial charge on any atom is -0.486 e. The number of oxazole rings is 1. The molecular weight excluding hydrogens is 697 g/mol. The lowest BCUT2D eigenvalue weighted by molar-refractivity contribution is -0.138. The average Bonchev–Trinajstić information content (AvgIpc) is 3.57. The summed E-state index contributed by atoms with van der Waals surface area (Å²) in [6.45, 7) is 9.58. The largest absolute Gasteiger partial charge is 0.486 e. The molecule has 3 unspecified atom stereocenters. The molecular formula is C42H66N8O5. The maximum absolute atomic E-state index is 14.7. The number of fused-ring (bicyclic) bond motifs is 1. The Morgan fingerprint density at radius 3 is 2.38 bits per heavy atom. The predicted octanol–water partition coefficient (Wildman–Crippen LogP) is 3.78. The number of aliphatic hydroxyl groups is 1. The molecule has 1 aliphatic carbocycles. The lowest BCUT2D eigenvalue weighted by atomic mass is 9.67. The highest BCUT2D eigenvalue weighted by molar-refractivity contribution is 5.83. The summed E-state index contributed by atoms with van der Waals surface area (Å²) in [5, 5.41) is 26.2. The van der Waals surface area contributed by atoms with Crippen LogP contribution in [-0.4, -0.2) is 113 Å². The van der Waals surface area contributed by atoms with Gasteiger partial charge in [0.1, 0.15) is 18.6 Å². The summed E-state index contributed by atoms with van der Waals surface area (Å²) in [5.41, 5.74) is 3.05. The summed E-state index contributed by atoms with van der Waals surface area (Å²) >= 11 is 0. The summed E-state index contributed by atoms with van der Waals surface area (Å²) in [6, 6.07) is 5.98. The van der Waals surface area contributed by atoms with Gasteiger partial charge >= 0.3 is 0 Å². The van der Waals surface area contributed by atoms with Crippen molar-refractivity contribution in [1.29, 1.82) is 0 Å². The fourth-order valence-corrected chi connectivity index (χ4v) is 9.80. The number of carbonyl (C=O) groups excluding carboxylic acids is 2. The van der Waals surface area contributed by atoms with E-state index < -0.39 is 12.1 Å². The number of aromatic nitrogens is 1. The first-order valence-electron chi connectivity index (χ1n) is 21.4. The van der Waals surface area contributed by atoms with E-state index in [0.29, 0.717) is 26.2 Å². The Balaban J connectivity index is 1.01. The number of ether oxygens (including phenoxy) is 1. The number of nitrogens with zero attached hydrogens (tertiary/aromatic N) is 4. The first kappa shape index (κ1) is 40.1. The molecule has 4 fully saturated rings. The summed E-state index contributed by atoms with van der Waals surface area (Å²) in [6.07, 6.45) is 16.7. The highest BCUT2D eigenvalue weighted by Crippen LogP contribution is 2.44. The van der Waals surface area contributed by atoms with Crippen LogP contribution in [0.3, 0.4) is 0 Å². The number of aliphatic hydroxyl groups excluding tert-OH is 1. The third-order valence-corrected chi connectivity index (χ3v) is 13.0. The molecule has 55 heavy (non-hydrogen) atoms. The van der Waals surface area contributed by atoms with E-state index in [1.807, 2.05) is 17.9 Å². The van der Waals surface area contributed by atoms with Gasteiger partial charge in [0.25, 0.3) is 0 Å². The Bertz CT molecular complexity index is 1550. The van der Waals surface area contributed by atoms with Gasteiger partial charge in [0, 0.05) is 57.6 Å². The molecule has 5 heterocycles. The molecule has 0 radical (unpaired) electrons. The van der Waals surface area contributed by atoms with E-state index in [2.05, 4.69) is 48.2 Å². The fourth-order valence-electron chi connectivity index (χ4n) is 9.80. The average molecular weight is 763 g/mol. The van der Waals surface area contributed by atoms with E-state index in [1.54, 1.807) is 6.92 Å². The molecule has 3 saturated heterocycles. The van der Waals surface area contributed by atoms with E-state index in [-0.39, 0.29) is 42.3 Å². The highest BCUT2D eigenvalue weighted by Gasteiger charge is 2.54. The van der Waals surface area contributed by atoms with Gasteiger partial charge in [-0.1, -0.05) is 63.9 Å². The number of nitrogens with one attached hydrogen (secondary N) is 4. The van der Waals surface area contributed by atoms with Crippen LogP contribution < -0.4 is 26.0 Å². The van der Waals surface area contributed by atoms with E-state index in [9.17, 15) is 14.7 Å². The molecule has 4 atom stereocenters. The first-order chi connectivity index (χ1) is 26.8. The van der Waals surface area contributed by atoms with Crippen LogP contribution in [0, 0.1) is 12.3 Å². The van der Waals surface area contributed by atoms with E-state index in [0.717, 1.165) is 75.5 Å². The van der Waals surface area contributed by atoms with Crippen LogP contribution in [0.15, 0.2) is 29.0 Å². The zero-order chi connectivity index (χ0) is 38.2. The van der Waals surface area contributed by atoms with Crippen LogP contribution in [0.1, 0.15) is 113 Å². The molecule has 1 saturated carbocycles. The van der Waals surface area contributed by atoms with Crippen LogP contribution in [0.5, 0.6) is 5.75 Å². The molecule has 7 rings (SSSR count). The number of benzene rings is 1. The second kappa shape index (κ2) is 18.9. The number of likely N-dealkylation sites (tertiary alicyclic amines) is 2. The van der Waals surface area contributed by atoms with Gasteiger partial charge in [-0.2, -0.15) is 0 Å². The van der Waals surface area contributed by atoms with Crippen molar-refractivity contribution in [2.45, 2.75) is 148 Å². The monoisotopic (exact) mass is 763 g/mol. The van der Waals surface area contributed by atoms with Gasteiger partial charge in [0.05, 0.1) is 24.0 Å². The van der Waals surface area contributed by atoms with Gasteiger partial charge in [0.2, 0.25) is 11.8 Å².